The second kappa shape index (κ2) is 8.98. The van der Waals surface area contributed by atoms with Crippen LogP contribution < -0.4 is 0 Å². The average Bonchev–Trinajstić information content (AvgIpc) is 2.65. The first-order valence-corrected chi connectivity index (χ1v) is 9.32. The van der Waals surface area contributed by atoms with Crippen LogP contribution in [0.25, 0.3) is 6.08 Å². The molecule has 3 heteroatoms. The fourth-order valence-corrected chi connectivity index (χ4v) is 3.71. The monoisotopic (exact) mass is 368 g/mol. The SMILES string of the molecule is C=C[C@]1(C)CC[C@@H](C(=C)C)C[C@H]1C(=C)COC(=O)/C=C/c1ccc(F)cc1. The molecule has 3 atom stereocenters. The van der Waals surface area contributed by atoms with Crippen molar-refractivity contribution in [2.45, 2.75) is 33.1 Å². The quantitative estimate of drug-likeness (QED) is 0.329. The topological polar surface area (TPSA) is 26.3 Å². The van der Waals surface area contributed by atoms with E-state index in [1.54, 1.807) is 18.2 Å². The summed E-state index contributed by atoms with van der Waals surface area (Å²) < 4.78 is 18.3. The van der Waals surface area contributed by atoms with Gasteiger partial charge in [-0.15, -0.1) is 6.58 Å². The maximum absolute atomic E-state index is 12.9. The number of carbonyl (C=O) groups excluding carboxylic acids is 1. The maximum atomic E-state index is 12.9. The van der Waals surface area contributed by atoms with Crippen LogP contribution in [0.1, 0.15) is 38.7 Å². The lowest BCUT2D eigenvalue weighted by Crippen LogP contribution is -2.35. The molecule has 1 saturated carbocycles. The standard InChI is InChI=1S/C24H29FO2/c1-6-24(5)14-13-20(17(2)3)15-22(24)18(4)16-27-23(26)12-9-19-7-10-21(25)11-8-19/h6-12,20,22H,1-2,4,13-16H2,3,5H3/b12-9+/t20-,22+,24-/m1/s1. The van der Waals surface area contributed by atoms with Crippen molar-refractivity contribution in [3.05, 3.63) is 78.7 Å². The minimum atomic E-state index is -0.437. The highest BCUT2D eigenvalue weighted by atomic mass is 19.1. The van der Waals surface area contributed by atoms with Crippen LogP contribution in [0.4, 0.5) is 4.39 Å². The Hall–Kier alpha value is -2.42. The molecule has 1 aliphatic rings. The van der Waals surface area contributed by atoms with Crippen molar-refractivity contribution in [3.8, 4) is 0 Å². The van der Waals surface area contributed by atoms with Gasteiger partial charge in [-0.05, 0) is 72.8 Å². The van der Waals surface area contributed by atoms with Crippen molar-refractivity contribution in [1.82, 2.24) is 0 Å². The minimum Gasteiger partial charge on any atom is -0.458 e. The Labute approximate surface area is 162 Å². The third-order valence-corrected chi connectivity index (χ3v) is 5.69. The molecule has 1 aromatic rings. The average molecular weight is 368 g/mol. The molecule has 0 bridgehead atoms. The van der Waals surface area contributed by atoms with Crippen molar-refractivity contribution >= 4 is 12.0 Å². The van der Waals surface area contributed by atoms with Gasteiger partial charge in [0.25, 0.3) is 0 Å². The van der Waals surface area contributed by atoms with E-state index >= 15 is 0 Å². The third-order valence-electron chi connectivity index (χ3n) is 5.69. The number of allylic oxidation sites excluding steroid dienone is 2. The van der Waals surface area contributed by atoms with Gasteiger partial charge in [0.2, 0.25) is 0 Å². The summed E-state index contributed by atoms with van der Waals surface area (Å²) in [7, 11) is 0. The van der Waals surface area contributed by atoms with E-state index in [1.807, 2.05) is 6.08 Å². The smallest absolute Gasteiger partial charge is 0.331 e. The molecule has 0 spiro atoms. The molecule has 1 fully saturated rings. The summed E-state index contributed by atoms with van der Waals surface area (Å²) in [6, 6.07) is 5.91. The summed E-state index contributed by atoms with van der Waals surface area (Å²) in [5.74, 6) is -0.0712. The summed E-state index contributed by atoms with van der Waals surface area (Å²) in [5.41, 5.74) is 2.80. The number of carbonyl (C=O) groups is 1. The van der Waals surface area contributed by atoms with Crippen LogP contribution in [-0.4, -0.2) is 12.6 Å². The highest BCUT2D eigenvalue weighted by molar-refractivity contribution is 5.87. The maximum Gasteiger partial charge on any atom is 0.331 e. The zero-order valence-corrected chi connectivity index (χ0v) is 16.3. The number of esters is 1. The molecule has 2 nitrogen and oxygen atoms in total. The highest BCUT2D eigenvalue weighted by Crippen LogP contribution is 2.48. The predicted molar refractivity (Wildman–Crippen MR) is 109 cm³/mol. The van der Waals surface area contributed by atoms with Gasteiger partial charge in [-0.1, -0.05) is 43.9 Å². The van der Waals surface area contributed by atoms with Gasteiger partial charge < -0.3 is 4.74 Å². The van der Waals surface area contributed by atoms with E-state index in [2.05, 4.69) is 33.6 Å². The molecule has 0 N–H and O–H groups in total. The molecule has 1 aliphatic carbocycles. The lowest BCUT2D eigenvalue weighted by atomic mass is 9.61. The molecule has 2 rings (SSSR count). The lowest BCUT2D eigenvalue weighted by Gasteiger charge is -2.44. The molecule has 0 heterocycles. The van der Waals surface area contributed by atoms with Crippen molar-refractivity contribution in [2.75, 3.05) is 6.61 Å². The van der Waals surface area contributed by atoms with Gasteiger partial charge in [0.1, 0.15) is 12.4 Å². The molecule has 0 saturated heterocycles. The van der Waals surface area contributed by atoms with Gasteiger partial charge in [-0.3, -0.25) is 0 Å². The molecule has 0 unspecified atom stereocenters. The Morgan fingerprint density at radius 2 is 2.00 bits per heavy atom. The molecule has 0 aliphatic heterocycles. The van der Waals surface area contributed by atoms with Crippen molar-refractivity contribution in [2.24, 2.45) is 17.3 Å². The summed E-state index contributed by atoms with van der Waals surface area (Å²) in [4.78, 5) is 12.0. The highest BCUT2D eigenvalue weighted by Gasteiger charge is 2.39. The number of ether oxygens (including phenoxy) is 1. The molecular weight excluding hydrogens is 339 g/mol. The number of halogens is 1. The first-order chi connectivity index (χ1) is 12.7. The summed E-state index contributed by atoms with van der Waals surface area (Å²) in [6.07, 6.45) is 8.05. The molecule has 27 heavy (non-hydrogen) atoms. The Balaban J connectivity index is 1.95. The Kier molecular flexibility index (Phi) is 6.95. The predicted octanol–water partition coefficient (Wildman–Crippen LogP) is 6.12. The normalized spacial score (nSPS) is 25.1. The summed E-state index contributed by atoms with van der Waals surface area (Å²) >= 11 is 0. The second-order valence-electron chi connectivity index (χ2n) is 7.73. The third kappa shape index (κ3) is 5.53. The lowest BCUT2D eigenvalue weighted by molar-refractivity contribution is -0.137. The van der Waals surface area contributed by atoms with Crippen LogP contribution in [0.15, 0.2) is 67.3 Å². The number of rotatable bonds is 7. The molecule has 144 valence electrons. The van der Waals surface area contributed by atoms with Crippen molar-refractivity contribution in [1.29, 1.82) is 0 Å². The van der Waals surface area contributed by atoms with E-state index < -0.39 is 5.97 Å². The van der Waals surface area contributed by atoms with Gasteiger partial charge in [-0.25, -0.2) is 9.18 Å². The van der Waals surface area contributed by atoms with E-state index in [0.29, 0.717) is 5.92 Å². The fraction of sp³-hybridized carbons (Fsp3) is 0.375. The molecule has 0 amide bonds. The van der Waals surface area contributed by atoms with Crippen LogP contribution in [0, 0.1) is 23.1 Å². The minimum absolute atomic E-state index is 0.0423. The van der Waals surface area contributed by atoms with E-state index in [4.69, 9.17) is 4.74 Å². The van der Waals surface area contributed by atoms with E-state index in [1.165, 1.54) is 23.8 Å². The van der Waals surface area contributed by atoms with Crippen molar-refractivity contribution in [3.63, 3.8) is 0 Å². The second-order valence-corrected chi connectivity index (χ2v) is 7.73. The molecular formula is C24H29FO2. The zero-order valence-electron chi connectivity index (χ0n) is 16.3. The van der Waals surface area contributed by atoms with Crippen molar-refractivity contribution < 1.29 is 13.9 Å². The molecule has 1 aromatic carbocycles. The van der Waals surface area contributed by atoms with Gasteiger partial charge in [-0.2, -0.15) is 0 Å². The first-order valence-electron chi connectivity index (χ1n) is 9.32. The van der Waals surface area contributed by atoms with Gasteiger partial charge >= 0.3 is 5.97 Å². The van der Waals surface area contributed by atoms with Crippen LogP contribution in [0.3, 0.4) is 0 Å². The van der Waals surface area contributed by atoms with Crippen LogP contribution in [0.5, 0.6) is 0 Å². The van der Waals surface area contributed by atoms with E-state index in [-0.39, 0.29) is 23.8 Å². The Morgan fingerprint density at radius 3 is 2.59 bits per heavy atom. The summed E-state index contributed by atoms with van der Waals surface area (Å²) in [5, 5.41) is 0. The largest absolute Gasteiger partial charge is 0.458 e. The Morgan fingerprint density at radius 1 is 1.33 bits per heavy atom. The molecule has 0 radical (unpaired) electrons. The van der Waals surface area contributed by atoms with Crippen LogP contribution >= 0.6 is 0 Å². The van der Waals surface area contributed by atoms with Gasteiger partial charge in [0.15, 0.2) is 0 Å². The number of hydrogen-bond acceptors (Lipinski definition) is 2. The van der Waals surface area contributed by atoms with Gasteiger partial charge in [0.05, 0.1) is 0 Å². The summed E-state index contributed by atoms with van der Waals surface area (Å²) in [6.45, 7) is 16.8. The van der Waals surface area contributed by atoms with E-state index in [0.717, 1.165) is 30.4 Å². The molecule has 0 aromatic heterocycles. The zero-order chi connectivity index (χ0) is 20.0. The first kappa shape index (κ1) is 20.9. The van der Waals surface area contributed by atoms with Gasteiger partial charge in [0, 0.05) is 6.08 Å². The fourth-order valence-electron chi connectivity index (χ4n) is 3.71. The van der Waals surface area contributed by atoms with Crippen LogP contribution in [-0.2, 0) is 9.53 Å². The number of benzene rings is 1. The number of hydrogen-bond donors (Lipinski definition) is 0. The van der Waals surface area contributed by atoms with Crippen LogP contribution in [0.2, 0.25) is 0 Å². The Bertz CT molecular complexity index is 744. The van der Waals surface area contributed by atoms with E-state index in [9.17, 15) is 9.18 Å².